The van der Waals surface area contributed by atoms with Crippen molar-refractivity contribution in [2.75, 3.05) is 6.54 Å². The van der Waals surface area contributed by atoms with Crippen LogP contribution in [0.25, 0.3) is 10.9 Å². The molecule has 1 saturated carbocycles. The van der Waals surface area contributed by atoms with Crippen molar-refractivity contribution in [2.45, 2.75) is 57.3 Å². The van der Waals surface area contributed by atoms with E-state index >= 15 is 0 Å². The normalized spacial score (nSPS) is 19.1. The third-order valence-electron chi connectivity index (χ3n) is 5.67. The van der Waals surface area contributed by atoms with Gasteiger partial charge in [0.05, 0.1) is 5.41 Å². The Labute approximate surface area is 143 Å². The van der Waals surface area contributed by atoms with Crippen LogP contribution in [0.2, 0.25) is 0 Å². The Kier molecular flexibility index (Phi) is 3.95. The number of aromatic nitrogens is 1. The van der Waals surface area contributed by atoms with Crippen LogP contribution in [-0.4, -0.2) is 17.4 Å². The fraction of sp³-hybridized carbons (Fsp3) is 0.476. The van der Waals surface area contributed by atoms with Gasteiger partial charge in [0.2, 0.25) is 5.91 Å². The van der Waals surface area contributed by atoms with Crippen LogP contribution in [0.15, 0.2) is 35.9 Å². The molecule has 4 rings (SSSR count). The van der Waals surface area contributed by atoms with Gasteiger partial charge in [0.15, 0.2) is 0 Å². The van der Waals surface area contributed by atoms with Crippen molar-refractivity contribution in [2.24, 2.45) is 0 Å². The van der Waals surface area contributed by atoms with Gasteiger partial charge in [-0.05, 0) is 63.5 Å². The second-order valence-electron chi connectivity index (χ2n) is 7.37. The molecule has 0 spiro atoms. The first kappa shape index (κ1) is 15.5. The number of para-hydroxylation sites is 1. The largest absolute Gasteiger partial charge is 0.358 e. The fourth-order valence-electron chi connectivity index (χ4n) is 4.25. The predicted octanol–water partition coefficient (Wildman–Crippen LogP) is 4.51. The van der Waals surface area contributed by atoms with Gasteiger partial charge in [0.1, 0.15) is 0 Å². The van der Waals surface area contributed by atoms with E-state index in [9.17, 15) is 4.79 Å². The maximum absolute atomic E-state index is 12.9. The highest BCUT2D eigenvalue weighted by Gasteiger charge is 2.53. The van der Waals surface area contributed by atoms with Gasteiger partial charge < -0.3 is 10.3 Å². The summed E-state index contributed by atoms with van der Waals surface area (Å²) in [4.78, 5) is 16.4. The molecular weight excluding hydrogens is 296 g/mol. The van der Waals surface area contributed by atoms with Crippen LogP contribution in [0.4, 0.5) is 0 Å². The Balaban J connectivity index is 1.49. The molecule has 1 aromatic carbocycles. The first-order valence-corrected chi connectivity index (χ1v) is 9.25. The van der Waals surface area contributed by atoms with E-state index in [1.807, 2.05) is 6.07 Å². The summed E-state index contributed by atoms with van der Waals surface area (Å²) in [5.41, 5.74) is 4.71. The highest BCUT2D eigenvalue weighted by atomic mass is 16.2. The standard InChI is InChI=1S/C21H26N2O/c1-15-19(17-9-5-6-10-18(17)23-15)21(12-13-21)20(24)22-14-11-16-7-3-2-4-8-16/h5-7,9-10,23H,2-4,8,11-14H2,1H3,(H,22,24). The van der Waals surface area contributed by atoms with Crippen LogP contribution in [0.5, 0.6) is 0 Å². The van der Waals surface area contributed by atoms with Gasteiger partial charge in [-0.1, -0.05) is 29.8 Å². The van der Waals surface area contributed by atoms with E-state index < -0.39 is 0 Å². The predicted molar refractivity (Wildman–Crippen MR) is 98.1 cm³/mol. The van der Waals surface area contributed by atoms with Crippen molar-refractivity contribution in [1.29, 1.82) is 0 Å². The Morgan fingerprint density at radius 2 is 2.08 bits per heavy atom. The number of benzene rings is 1. The number of allylic oxidation sites excluding steroid dienone is 1. The zero-order chi connectivity index (χ0) is 16.6. The monoisotopic (exact) mass is 322 g/mol. The van der Waals surface area contributed by atoms with Crippen LogP contribution in [0, 0.1) is 6.92 Å². The third kappa shape index (κ3) is 2.66. The Bertz CT molecular complexity index is 795. The van der Waals surface area contributed by atoms with Crippen molar-refractivity contribution < 1.29 is 4.79 Å². The van der Waals surface area contributed by atoms with Gasteiger partial charge in [-0.15, -0.1) is 0 Å². The zero-order valence-electron chi connectivity index (χ0n) is 14.5. The lowest BCUT2D eigenvalue weighted by Gasteiger charge is -2.18. The van der Waals surface area contributed by atoms with Crippen molar-refractivity contribution in [3.63, 3.8) is 0 Å². The highest BCUT2D eigenvalue weighted by molar-refractivity contribution is 5.98. The van der Waals surface area contributed by atoms with Crippen molar-refractivity contribution in [3.05, 3.63) is 47.2 Å². The topological polar surface area (TPSA) is 44.9 Å². The number of amides is 1. The molecule has 1 heterocycles. The van der Waals surface area contributed by atoms with Gasteiger partial charge in [0, 0.05) is 23.1 Å². The molecule has 126 valence electrons. The van der Waals surface area contributed by atoms with Crippen LogP contribution in [-0.2, 0) is 10.2 Å². The summed E-state index contributed by atoms with van der Waals surface area (Å²) in [5, 5.41) is 4.43. The number of hydrogen-bond acceptors (Lipinski definition) is 1. The molecule has 24 heavy (non-hydrogen) atoms. The minimum atomic E-state index is -0.301. The van der Waals surface area contributed by atoms with E-state index in [4.69, 9.17) is 0 Å². The average Bonchev–Trinajstić information content (AvgIpc) is 3.32. The molecule has 0 bridgehead atoms. The molecular formula is C21H26N2O. The maximum atomic E-state index is 12.9. The number of H-pyrrole nitrogens is 1. The molecule has 0 unspecified atom stereocenters. The summed E-state index contributed by atoms with van der Waals surface area (Å²) < 4.78 is 0. The van der Waals surface area contributed by atoms with E-state index in [1.165, 1.54) is 42.2 Å². The Morgan fingerprint density at radius 1 is 1.25 bits per heavy atom. The number of nitrogens with one attached hydrogen (secondary N) is 2. The number of aromatic amines is 1. The van der Waals surface area contributed by atoms with Crippen LogP contribution >= 0.6 is 0 Å². The van der Waals surface area contributed by atoms with E-state index in [0.717, 1.165) is 37.0 Å². The quantitative estimate of drug-likeness (QED) is 0.781. The van der Waals surface area contributed by atoms with E-state index in [0.29, 0.717) is 0 Å². The lowest BCUT2D eigenvalue weighted by molar-refractivity contribution is -0.123. The molecule has 1 aromatic heterocycles. The molecule has 3 heteroatoms. The van der Waals surface area contributed by atoms with Crippen LogP contribution in [0.1, 0.15) is 56.2 Å². The molecule has 0 saturated heterocycles. The Morgan fingerprint density at radius 3 is 2.83 bits per heavy atom. The zero-order valence-corrected chi connectivity index (χ0v) is 14.5. The van der Waals surface area contributed by atoms with Gasteiger partial charge in [-0.25, -0.2) is 0 Å². The molecule has 0 atom stereocenters. The van der Waals surface area contributed by atoms with Crippen LogP contribution in [0.3, 0.4) is 0 Å². The molecule has 2 aromatic rings. The molecule has 2 aliphatic carbocycles. The molecule has 1 amide bonds. The van der Waals surface area contributed by atoms with E-state index in [-0.39, 0.29) is 11.3 Å². The summed E-state index contributed by atoms with van der Waals surface area (Å²) in [6.45, 7) is 2.86. The average molecular weight is 322 g/mol. The number of carbonyl (C=O) groups is 1. The van der Waals surface area contributed by atoms with Gasteiger partial charge in [-0.3, -0.25) is 4.79 Å². The summed E-state index contributed by atoms with van der Waals surface area (Å²) in [6.07, 6.45) is 10.3. The minimum Gasteiger partial charge on any atom is -0.358 e. The van der Waals surface area contributed by atoms with Crippen molar-refractivity contribution >= 4 is 16.8 Å². The van der Waals surface area contributed by atoms with Crippen molar-refractivity contribution in [1.82, 2.24) is 10.3 Å². The molecule has 2 N–H and O–H groups in total. The smallest absolute Gasteiger partial charge is 0.230 e. The first-order chi connectivity index (χ1) is 11.7. The SMILES string of the molecule is Cc1[nH]c2ccccc2c1C1(C(=O)NCCC2=CCCCC2)CC1. The van der Waals surface area contributed by atoms with E-state index in [1.54, 1.807) is 0 Å². The molecule has 0 aliphatic heterocycles. The minimum absolute atomic E-state index is 0.215. The lowest BCUT2D eigenvalue weighted by atomic mass is 9.92. The van der Waals surface area contributed by atoms with Gasteiger partial charge >= 0.3 is 0 Å². The fourth-order valence-corrected chi connectivity index (χ4v) is 4.25. The maximum Gasteiger partial charge on any atom is 0.230 e. The lowest BCUT2D eigenvalue weighted by Crippen LogP contribution is -2.35. The first-order valence-electron chi connectivity index (χ1n) is 9.25. The number of aryl methyl sites for hydroxylation is 1. The second-order valence-corrected chi connectivity index (χ2v) is 7.37. The summed E-state index contributed by atoms with van der Waals surface area (Å²) in [6, 6.07) is 8.33. The number of fused-ring (bicyclic) bond motifs is 1. The van der Waals surface area contributed by atoms with Crippen molar-refractivity contribution in [3.8, 4) is 0 Å². The molecule has 3 nitrogen and oxygen atoms in total. The van der Waals surface area contributed by atoms with Gasteiger partial charge in [-0.2, -0.15) is 0 Å². The number of hydrogen-bond donors (Lipinski definition) is 2. The number of rotatable bonds is 5. The Hall–Kier alpha value is -2.03. The summed E-state index contributed by atoms with van der Waals surface area (Å²) in [5.74, 6) is 0.215. The third-order valence-corrected chi connectivity index (χ3v) is 5.67. The number of carbonyl (C=O) groups excluding carboxylic acids is 1. The van der Waals surface area contributed by atoms with Gasteiger partial charge in [0.25, 0.3) is 0 Å². The summed E-state index contributed by atoms with van der Waals surface area (Å²) in [7, 11) is 0. The van der Waals surface area contributed by atoms with E-state index in [2.05, 4.69) is 41.5 Å². The molecule has 0 radical (unpaired) electrons. The molecule has 1 fully saturated rings. The molecule has 2 aliphatic rings. The summed E-state index contributed by atoms with van der Waals surface area (Å²) >= 11 is 0. The van der Waals surface area contributed by atoms with Crippen LogP contribution < -0.4 is 5.32 Å². The highest BCUT2D eigenvalue weighted by Crippen LogP contribution is 2.51. The second kappa shape index (κ2) is 6.12.